The fourth-order valence-corrected chi connectivity index (χ4v) is 1.58. The first-order valence-corrected chi connectivity index (χ1v) is 5.11. The molecular formula is C11H18N2O2. The second-order valence-electron chi connectivity index (χ2n) is 3.44. The number of carbonyl (C=O) groups excluding carboxylic acids is 1. The normalized spacial score (nSPS) is 12.5. The molecule has 1 heterocycles. The van der Waals surface area contributed by atoms with Gasteiger partial charge < -0.3 is 14.6 Å². The number of hydrogen-bond acceptors (Lipinski definition) is 3. The summed E-state index contributed by atoms with van der Waals surface area (Å²) in [4.78, 5) is 11.0. The molecular weight excluding hydrogens is 192 g/mol. The van der Waals surface area contributed by atoms with E-state index in [4.69, 9.17) is 0 Å². The van der Waals surface area contributed by atoms with E-state index >= 15 is 0 Å². The van der Waals surface area contributed by atoms with Gasteiger partial charge in [-0.15, -0.1) is 0 Å². The second kappa shape index (κ2) is 5.56. The Kier molecular flexibility index (Phi) is 4.37. The number of rotatable bonds is 5. The third-order valence-electron chi connectivity index (χ3n) is 2.47. The van der Waals surface area contributed by atoms with Gasteiger partial charge in [-0.2, -0.15) is 0 Å². The number of hydrogen-bond donors (Lipinski definition) is 1. The number of nitrogens with one attached hydrogen (secondary N) is 1. The number of esters is 1. The molecule has 1 aromatic rings. The zero-order valence-corrected chi connectivity index (χ0v) is 9.49. The second-order valence-corrected chi connectivity index (χ2v) is 3.44. The van der Waals surface area contributed by atoms with Crippen molar-refractivity contribution in [2.75, 3.05) is 14.2 Å². The van der Waals surface area contributed by atoms with E-state index in [0.717, 1.165) is 6.42 Å². The van der Waals surface area contributed by atoms with Crippen molar-refractivity contribution >= 4 is 5.97 Å². The molecule has 0 bridgehead atoms. The maximum atomic E-state index is 11.0. The van der Waals surface area contributed by atoms with Gasteiger partial charge in [0.15, 0.2) is 0 Å². The first kappa shape index (κ1) is 11.8. The van der Waals surface area contributed by atoms with Crippen molar-refractivity contribution in [1.29, 1.82) is 0 Å². The van der Waals surface area contributed by atoms with Crippen LogP contribution in [0.3, 0.4) is 0 Å². The van der Waals surface area contributed by atoms with Crippen LogP contribution in [0.1, 0.15) is 24.9 Å². The Morgan fingerprint density at radius 1 is 1.67 bits per heavy atom. The van der Waals surface area contributed by atoms with Crippen molar-refractivity contribution in [3.63, 3.8) is 0 Å². The molecule has 1 N–H and O–H groups in total. The molecule has 0 spiro atoms. The van der Waals surface area contributed by atoms with Crippen molar-refractivity contribution in [3.05, 3.63) is 24.0 Å². The van der Waals surface area contributed by atoms with Crippen molar-refractivity contribution in [2.24, 2.45) is 0 Å². The molecule has 1 unspecified atom stereocenters. The smallest absolute Gasteiger partial charge is 0.325 e. The van der Waals surface area contributed by atoms with Crippen LogP contribution in [-0.4, -0.2) is 24.7 Å². The highest BCUT2D eigenvalue weighted by molar-refractivity contribution is 5.68. The topological polar surface area (TPSA) is 43.3 Å². The van der Waals surface area contributed by atoms with Crippen LogP contribution in [0.5, 0.6) is 0 Å². The molecule has 84 valence electrons. The fourth-order valence-electron chi connectivity index (χ4n) is 1.58. The monoisotopic (exact) mass is 210 g/mol. The molecule has 4 heteroatoms. The van der Waals surface area contributed by atoms with Gasteiger partial charge in [0.2, 0.25) is 0 Å². The molecule has 4 nitrogen and oxygen atoms in total. The lowest BCUT2D eigenvalue weighted by Gasteiger charge is -2.11. The zero-order valence-electron chi connectivity index (χ0n) is 9.49. The molecule has 0 radical (unpaired) electrons. The third-order valence-corrected chi connectivity index (χ3v) is 2.47. The Morgan fingerprint density at radius 2 is 2.40 bits per heavy atom. The van der Waals surface area contributed by atoms with E-state index in [2.05, 4.69) is 17.0 Å². The average molecular weight is 210 g/mol. The van der Waals surface area contributed by atoms with Gasteiger partial charge in [0.05, 0.1) is 7.11 Å². The standard InChI is InChI=1S/C11H18N2O2/c1-4-10(12-2)9-5-6-13(7-9)8-11(14)15-3/h5-7,10,12H,4,8H2,1-3H3. The molecule has 0 saturated heterocycles. The molecule has 15 heavy (non-hydrogen) atoms. The number of carbonyl (C=O) groups is 1. The Hall–Kier alpha value is -1.29. The summed E-state index contributed by atoms with van der Waals surface area (Å²) in [6, 6.07) is 2.37. The maximum absolute atomic E-state index is 11.0. The molecule has 1 atom stereocenters. The molecule has 0 aliphatic carbocycles. The number of nitrogens with zero attached hydrogens (tertiary/aromatic N) is 1. The minimum absolute atomic E-state index is 0.227. The van der Waals surface area contributed by atoms with E-state index in [1.807, 2.05) is 30.1 Å². The highest BCUT2D eigenvalue weighted by Gasteiger charge is 2.09. The Labute approximate surface area is 90.2 Å². The summed E-state index contributed by atoms with van der Waals surface area (Å²) < 4.78 is 6.44. The zero-order chi connectivity index (χ0) is 11.3. The summed E-state index contributed by atoms with van der Waals surface area (Å²) in [5.41, 5.74) is 1.20. The third kappa shape index (κ3) is 3.09. The SMILES string of the molecule is CCC(NC)c1ccn(CC(=O)OC)c1. The van der Waals surface area contributed by atoms with Crippen LogP contribution in [0.25, 0.3) is 0 Å². The summed E-state index contributed by atoms with van der Waals surface area (Å²) in [5, 5.41) is 3.22. The van der Waals surface area contributed by atoms with Crippen molar-refractivity contribution in [3.8, 4) is 0 Å². The van der Waals surface area contributed by atoms with Crippen LogP contribution in [0.2, 0.25) is 0 Å². The van der Waals surface area contributed by atoms with Crippen LogP contribution >= 0.6 is 0 Å². The van der Waals surface area contributed by atoms with E-state index in [1.54, 1.807) is 0 Å². The molecule has 0 amide bonds. The van der Waals surface area contributed by atoms with Crippen LogP contribution in [-0.2, 0) is 16.1 Å². The fraction of sp³-hybridized carbons (Fsp3) is 0.545. The van der Waals surface area contributed by atoms with Crippen molar-refractivity contribution in [2.45, 2.75) is 25.9 Å². The van der Waals surface area contributed by atoms with Gasteiger partial charge in [-0.3, -0.25) is 4.79 Å². The van der Waals surface area contributed by atoms with Gasteiger partial charge in [0, 0.05) is 18.4 Å². The summed E-state index contributed by atoms with van der Waals surface area (Å²) in [7, 11) is 3.33. The van der Waals surface area contributed by atoms with E-state index in [-0.39, 0.29) is 12.5 Å². The number of aromatic nitrogens is 1. The molecule has 0 fully saturated rings. The van der Waals surface area contributed by atoms with Crippen molar-refractivity contribution < 1.29 is 9.53 Å². The van der Waals surface area contributed by atoms with Crippen LogP contribution in [0.4, 0.5) is 0 Å². The first-order valence-electron chi connectivity index (χ1n) is 5.11. The predicted octanol–water partition coefficient (Wildman–Crippen LogP) is 1.33. The van der Waals surface area contributed by atoms with Gasteiger partial charge >= 0.3 is 5.97 Å². The summed E-state index contributed by atoms with van der Waals surface area (Å²) in [6.07, 6.45) is 4.90. The summed E-state index contributed by atoms with van der Waals surface area (Å²) in [5.74, 6) is -0.227. The van der Waals surface area contributed by atoms with Crippen LogP contribution < -0.4 is 5.32 Å². The van der Waals surface area contributed by atoms with Gasteiger partial charge in [-0.05, 0) is 25.1 Å². The quantitative estimate of drug-likeness (QED) is 0.746. The largest absolute Gasteiger partial charge is 0.468 e. The Bertz CT molecular complexity index is 316. The van der Waals surface area contributed by atoms with Gasteiger partial charge in [-0.25, -0.2) is 0 Å². The Balaban J connectivity index is 2.67. The van der Waals surface area contributed by atoms with E-state index < -0.39 is 0 Å². The summed E-state index contributed by atoms with van der Waals surface area (Å²) in [6.45, 7) is 2.40. The minimum Gasteiger partial charge on any atom is -0.468 e. The maximum Gasteiger partial charge on any atom is 0.325 e. The average Bonchev–Trinajstić information content (AvgIpc) is 2.68. The highest BCUT2D eigenvalue weighted by Crippen LogP contribution is 2.16. The number of methoxy groups -OCH3 is 1. The van der Waals surface area contributed by atoms with Gasteiger partial charge in [0.25, 0.3) is 0 Å². The lowest BCUT2D eigenvalue weighted by molar-refractivity contribution is -0.141. The molecule has 0 aromatic carbocycles. The van der Waals surface area contributed by atoms with E-state index in [1.165, 1.54) is 12.7 Å². The Morgan fingerprint density at radius 3 is 2.93 bits per heavy atom. The van der Waals surface area contributed by atoms with Gasteiger partial charge in [0.1, 0.15) is 6.54 Å². The lowest BCUT2D eigenvalue weighted by atomic mass is 10.1. The molecule has 0 aliphatic rings. The van der Waals surface area contributed by atoms with E-state index in [9.17, 15) is 4.79 Å². The number of ether oxygens (including phenoxy) is 1. The first-order chi connectivity index (χ1) is 7.21. The lowest BCUT2D eigenvalue weighted by Crippen LogP contribution is -2.15. The summed E-state index contributed by atoms with van der Waals surface area (Å²) >= 11 is 0. The van der Waals surface area contributed by atoms with Gasteiger partial charge in [-0.1, -0.05) is 6.92 Å². The molecule has 0 aliphatic heterocycles. The molecule has 0 saturated carbocycles. The van der Waals surface area contributed by atoms with Crippen molar-refractivity contribution in [1.82, 2.24) is 9.88 Å². The predicted molar refractivity (Wildman–Crippen MR) is 58.5 cm³/mol. The minimum atomic E-state index is -0.227. The highest BCUT2D eigenvalue weighted by atomic mass is 16.5. The van der Waals surface area contributed by atoms with Crippen LogP contribution in [0, 0.1) is 0 Å². The molecule has 1 rings (SSSR count). The van der Waals surface area contributed by atoms with E-state index in [0.29, 0.717) is 6.04 Å². The van der Waals surface area contributed by atoms with Crippen LogP contribution in [0.15, 0.2) is 18.5 Å². The molecule has 1 aromatic heterocycles.